The Morgan fingerprint density at radius 2 is 2.32 bits per heavy atom. The number of hydrogen-bond donors (Lipinski definition) is 1. The van der Waals surface area contributed by atoms with Crippen LogP contribution in [0.5, 0.6) is 0 Å². The number of hydrogen-bond acceptors (Lipinski definition) is 2. The Labute approximate surface area is 123 Å². The summed E-state index contributed by atoms with van der Waals surface area (Å²) < 4.78 is 13.9. The zero-order valence-electron chi connectivity index (χ0n) is 11.6. The van der Waals surface area contributed by atoms with Gasteiger partial charge in [0.1, 0.15) is 5.82 Å². The van der Waals surface area contributed by atoms with Crippen LogP contribution in [0.15, 0.2) is 22.7 Å². The molecule has 0 aliphatic carbocycles. The molecule has 2 nitrogen and oxygen atoms in total. The molecule has 106 valence electrons. The molecule has 1 aliphatic heterocycles. The van der Waals surface area contributed by atoms with Crippen LogP contribution in [0.1, 0.15) is 26.7 Å². The molecule has 1 aliphatic rings. The van der Waals surface area contributed by atoms with Gasteiger partial charge in [0.25, 0.3) is 0 Å². The van der Waals surface area contributed by atoms with Crippen molar-refractivity contribution >= 4 is 21.6 Å². The van der Waals surface area contributed by atoms with Crippen molar-refractivity contribution in [1.82, 2.24) is 4.90 Å². The van der Waals surface area contributed by atoms with Crippen molar-refractivity contribution in [2.75, 3.05) is 25.0 Å². The smallest absolute Gasteiger partial charge is 0.124 e. The van der Waals surface area contributed by atoms with Crippen LogP contribution in [-0.2, 0) is 0 Å². The fourth-order valence-corrected chi connectivity index (χ4v) is 3.22. The summed E-state index contributed by atoms with van der Waals surface area (Å²) in [6.07, 6.45) is 2.54. The van der Waals surface area contributed by atoms with Crippen molar-refractivity contribution in [2.45, 2.75) is 32.7 Å². The minimum absolute atomic E-state index is 0.208. The Balaban J connectivity index is 1.98. The van der Waals surface area contributed by atoms with Crippen LogP contribution in [0.3, 0.4) is 0 Å². The second-order valence-electron chi connectivity index (χ2n) is 5.35. The maximum atomic E-state index is 13.1. The van der Waals surface area contributed by atoms with Gasteiger partial charge in [0.15, 0.2) is 0 Å². The molecule has 2 rings (SSSR count). The molecule has 0 radical (unpaired) electrons. The average Bonchev–Trinajstić information content (AvgIpc) is 2.42. The molecule has 0 saturated carbocycles. The summed E-state index contributed by atoms with van der Waals surface area (Å²) in [5.74, 6) is 0.450. The van der Waals surface area contributed by atoms with Crippen molar-refractivity contribution in [3.8, 4) is 0 Å². The highest BCUT2D eigenvalue weighted by molar-refractivity contribution is 9.10. The van der Waals surface area contributed by atoms with Gasteiger partial charge in [0.05, 0.1) is 0 Å². The Kier molecular flexibility index (Phi) is 5.22. The average molecular weight is 329 g/mol. The van der Waals surface area contributed by atoms with Crippen LogP contribution in [0.2, 0.25) is 0 Å². The van der Waals surface area contributed by atoms with E-state index in [4.69, 9.17) is 0 Å². The normalized spacial score (nSPS) is 22.2. The summed E-state index contributed by atoms with van der Waals surface area (Å²) in [5, 5.41) is 3.51. The molecular weight excluding hydrogens is 307 g/mol. The van der Waals surface area contributed by atoms with E-state index < -0.39 is 0 Å². The van der Waals surface area contributed by atoms with Gasteiger partial charge in [-0.05, 0) is 72.9 Å². The topological polar surface area (TPSA) is 15.3 Å². The van der Waals surface area contributed by atoms with Gasteiger partial charge in [0, 0.05) is 22.7 Å². The number of nitrogens with one attached hydrogen (secondary N) is 1. The van der Waals surface area contributed by atoms with Gasteiger partial charge < -0.3 is 10.2 Å². The van der Waals surface area contributed by atoms with Gasteiger partial charge in [-0.3, -0.25) is 0 Å². The van der Waals surface area contributed by atoms with Crippen LogP contribution in [0.4, 0.5) is 10.1 Å². The molecule has 0 spiro atoms. The second kappa shape index (κ2) is 6.71. The maximum Gasteiger partial charge on any atom is 0.124 e. The van der Waals surface area contributed by atoms with Crippen LogP contribution in [0, 0.1) is 11.7 Å². The molecular formula is C15H22BrFN2. The third kappa shape index (κ3) is 3.93. The number of likely N-dealkylation sites (tertiary alicyclic amines) is 1. The second-order valence-corrected chi connectivity index (χ2v) is 6.21. The van der Waals surface area contributed by atoms with Crippen LogP contribution < -0.4 is 5.32 Å². The Hall–Kier alpha value is -0.610. The molecule has 1 aromatic rings. The minimum atomic E-state index is -0.208. The van der Waals surface area contributed by atoms with Crippen molar-refractivity contribution in [3.63, 3.8) is 0 Å². The largest absolute Gasteiger partial charge is 0.381 e. The summed E-state index contributed by atoms with van der Waals surface area (Å²) in [6, 6.07) is 5.21. The summed E-state index contributed by atoms with van der Waals surface area (Å²) in [7, 11) is 0. The van der Waals surface area contributed by atoms with Crippen molar-refractivity contribution in [3.05, 3.63) is 28.5 Å². The third-order valence-corrected chi connectivity index (χ3v) is 4.67. The lowest BCUT2D eigenvalue weighted by atomic mass is 9.91. The van der Waals surface area contributed by atoms with Gasteiger partial charge in [-0.2, -0.15) is 0 Å². The molecule has 1 saturated heterocycles. The first-order valence-electron chi connectivity index (χ1n) is 7.04. The number of halogens is 2. The van der Waals surface area contributed by atoms with Gasteiger partial charge in [-0.15, -0.1) is 0 Å². The standard InChI is InChI=1S/C15H22BrFN2/c1-3-19-8-4-5-12(10-19)11(2)18-15-7-6-13(17)9-14(15)16/h6-7,9,11-12,18H,3-5,8,10H2,1-2H3. The zero-order chi connectivity index (χ0) is 13.8. The predicted octanol–water partition coefficient (Wildman–Crippen LogP) is 4.12. The Bertz CT molecular complexity index is 425. The number of piperidine rings is 1. The van der Waals surface area contributed by atoms with E-state index in [-0.39, 0.29) is 5.82 Å². The van der Waals surface area contributed by atoms with E-state index in [1.165, 1.54) is 31.5 Å². The summed E-state index contributed by atoms with van der Waals surface area (Å²) in [5.41, 5.74) is 0.975. The molecule has 2 atom stereocenters. The van der Waals surface area contributed by atoms with E-state index in [9.17, 15) is 4.39 Å². The first-order valence-corrected chi connectivity index (χ1v) is 7.83. The van der Waals surface area contributed by atoms with Crippen molar-refractivity contribution in [2.24, 2.45) is 5.92 Å². The molecule has 1 N–H and O–H groups in total. The lowest BCUT2D eigenvalue weighted by molar-refractivity contribution is 0.172. The minimum Gasteiger partial charge on any atom is -0.381 e. The summed E-state index contributed by atoms with van der Waals surface area (Å²) in [4.78, 5) is 2.51. The third-order valence-electron chi connectivity index (χ3n) is 4.01. The van der Waals surface area contributed by atoms with E-state index in [0.717, 1.165) is 23.2 Å². The fraction of sp³-hybridized carbons (Fsp3) is 0.600. The number of rotatable bonds is 4. The van der Waals surface area contributed by atoms with Gasteiger partial charge >= 0.3 is 0 Å². The van der Waals surface area contributed by atoms with E-state index in [0.29, 0.717) is 12.0 Å². The summed E-state index contributed by atoms with van der Waals surface area (Å²) in [6.45, 7) is 7.95. The lowest BCUT2D eigenvalue weighted by Gasteiger charge is -2.35. The molecule has 0 amide bonds. The van der Waals surface area contributed by atoms with E-state index in [1.807, 2.05) is 0 Å². The highest BCUT2D eigenvalue weighted by Gasteiger charge is 2.24. The molecule has 2 unspecified atom stereocenters. The molecule has 0 aromatic heterocycles. The Morgan fingerprint density at radius 1 is 1.53 bits per heavy atom. The van der Waals surface area contributed by atoms with Crippen molar-refractivity contribution < 1.29 is 4.39 Å². The van der Waals surface area contributed by atoms with Crippen LogP contribution >= 0.6 is 15.9 Å². The number of nitrogens with zero attached hydrogens (tertiary/aromatic N) is 1. The summed E-state index contributed by atoms with van der Waals surface area (Å²) >= 11 is 3.41. The quantitative estimate of drug-likeness (QED) is 0.894. The molecule has 0 bridgehead atoms. The van der Waals surface area contributed by atoms with E-state index in [2.05, 4.69) is 40.0 Å². The monoisotopic (exact) mass is 328 g/mol. The number of benzene rings is 1. The fourth-order valence-electron chi connectivity index (χ4n) is 2.76. The van der Waals surface area contributed by atoms with E-state index in [1.54, 1.807) is 6.07 Å². The maximum absolute atomic E-state index is 13.1. The molecule has 19 heavy (non-hydrogen) atoms. The molecule has 1 aromatic carbocycles. The van der Waals surface area contributed by atoms with Crippen molar-refractivity contribution in [1.29, 1.82) is 0 Å². The van der Waals surface area contributed by atoms with E-state index >= 15 is 0 Å². The number of anilines is 1. The van der Waals surface area contributed by atoms with Gasteiger partial charge in [0.2, 0.25) is 0 Å². The van der Waals surface area contributed by atoms with Crippen LogP contribution in [0.25, 0.3) is 0 Å². The Morgan fingerprint density at radius 3 is 3.00 bits per heavy atom. The van der Waals surface area contributed by atoms with Crippen LogP contribution in [-0.4, -0.2) is 30.6 Å². The SMILES string of the molecule is CCN1CCCC(C(C)Nc2ccc(F)cc2Br)C1. The lowest BCUT2D eigenvalue weighted by Crippen LogP contribution is -2.41. The van der Waals surface area contributed by atoms with Gasteiger partial charge in [-0.1, -0.05) is 6.92 Å². The predicted molar refractivity (Wildman–Crippen MR) is 82.0 cm³/mol. The highest BCUT2D eigenvalue weighted by atomic mass is 79.9. The highest BCUT2D eigenvalue weighted by Crippen LogP contribution is 2.27. The first kappa shape index (κ1) is 14.8. The van der Waals surface area contributed by atoms with Gasteiger partial charge in [-0.25, -0.2) is 4.39 Å². The first-order chi connectivity index (χ1) is 9.10. The molecule has 4 heteroatoms. The zero-order valence-corrected chi connectivity index (χ0v) is 13.2. The molecule has 1 heterocycles. The molecule has 1 fully saturated rings.